The predicted octanol–water partition coefficient (Wildman–Crippen LogP) is 3.11. The highest BCUT2D eigenvalue weighted by Gasteiger charge is 2.31. The normalized spacial score (nSPS) is 18.3. The summed E-state index contributed by atoms with van der Waals surface area (Å²) < 4.78 is 7.43. The third-order valence-corrected chi connectivity index (χ3v) is 4.47. The van der Waals surface area contributed by atoms with E-state index in [0.717, 1.165) is 30.9 Å². The second kappa shape index (κ2) is 6.76. The second-order valence-electron chi connectivity index (χ2n) is 6.88. The molecule has 130 valence electrons. The first-order chi connectivity index (χ1) is 12.2. The highest BCUT2D eigenvalue weighted by molar-refractivity contribution is 5.53. The highest BCUT2D eigenvalue weighted by Crippen LogP contribution is 2.32. The van der Waals surface area contributed by atoms with Gasteiger partial charge >= 0.3 is 0 Å². The molecule has 4 rings (SSSR count). The molecule has 0 saturated carbocycles. The van der Waals surface area contributed by atoms with Crippen LogP contribution in [0.3, 0.4) is 0 Å². The molecule has 7 nitrogen and oxygen atoms in total. The van der Waals surface area contributed by atoms with E-state index in [9.17, 15) is 0 Å². The van der Waals surface area contributed by atoms with E-state index in [1.165, 1.54) is 6.42 Å². The Balaban J connectivity index is 1.53. The van der Waals surface area contributed by atoms with Gasteiger partial charge in [0.15, 0.2) is 0 Å². The number of nitrogens with zero attached hydrogens (tertiary/aromatic N) is 6. The van der Waals surface area contributed by atoms with E-state index >= 15 is 0 Å². The first-order valence-corrected chi connectivity index (χ1v) is 8.73. The van der Waals surface area contributed by atoms with Crippen LogP contribution in [-0.2, 0) is 0 Å². The molecule has 1 aliphatic heterocycles. The Hall–Kier alpha value is -2.54. The summed E-state index contributed by atoms with van der Waals surface area (Å²) in [6.07, 6.45) is 9.33. The van der Waals surface area contributed by atoms with Gasteiger partial charge in [-0.05, 0) is 37.4 Å². The van der Waals surface area contributed by atoms with Gasteiger partial charge in [0.1, 0.15) is 12.1 Å². The molecule has 0 N–H and O–H groups in total. The Morgan fingerprint density at radius 1 is 1.32 bits per heavy atom. The lowest BCUT2D eigenvalue weighted by molar-refractivity contribution is 0.189. The fourth-order valence-corrected chi connectivity index (χ4v) is 3.35. The van der Waals surface area contributed by atoms with Crippen molar-refractivity contribution in [1.82, 2.24) is 29.6 Å². The molecular formula is C18H22N6O. The van der Waals surface area contributed by atoms with Gasteiger partial charge in [0.05, 0.1) is 6.04 Å². The monoisotopic (exact) mass is 338 g/mol. The minimum atomic E-state index is 0.238. The molecule has 1 aliphatic rings. The molecule has 0 aromatic carbocycles. The molecule has 25 heavy (non-hydrogen) atoms. The van der Waals surface area contributed by atoms with E-state index in [4.69, 9.17) is 4.52 Å². The van der Waals surface area contributed by atoms with Crippen molar-refractivity contribution in [3.05, 3.63) is 42.9 Å². The zero-order valence-corrected chi connectivity index (χ0v) is 14.5. The van der Waals surface area contributed by atoms with E-state index in [0.29, 0.717) is 17.6 Å². The quantitative estimate of drug-likeness (QED) is 0.712. The summed E-state index contributed by atoms with van der Waals surface area (Å²) in [6, 6.07) is 4.12. The van der Waals surface area contributed by atoms with Gasteiger partial charge in [0, 0.05) is 30.7 Å². The molecule has 1 unspecified atom stereocenters. The maximum atomic E-state index is 5.57. The van der Waals surface area contributed by atoms with Crippen molar-refractivity contribution in [3.8, 4) is 17.2 Å². The maximum Gasteiger partial charge on any atom is 0.244 e. The van der Waals surface area contributed by atoms with Crippen LogP contribution in [0.2, 0.25) is 0 Å². The molecule has 3 aromatic rings. The lowest BCUT2D eigenvalue weighted by Crippen LogP contribution is -2.27. The van der Waals surface area contributed by atoms with Crippen LogP contribution < -0.4 is 0 Å². The highest BCUT2D eigenvalue weighted by atomic mass is 16.5. The summed E-state index contributed by atoms with van der Waals surface area (Å²) in [6.45, 7) is 6.63. The molecule has 0 radical (unpaired) electrons. The van der Waals surface area contributed by atoms with Crippen LogP contribution >= 0.6 is 0 Å². The standard InChI is InChI=1S/C18H22N6O/c1-13(2)11-23-8-3-4-15(23)18-21-17(22-25-18)14-5-6-16(20-10-14)24-9-7-19-12-24/h5-7,9-10,12-13,15H,3-4,8,11H2,1-2H3. The lowest BCUT2D eigenvalue weighted by Gasteiger charge is -2.23. The van der Waals surface area contributed by atoms with Crippen molar-refractivity contribution in [2.45, 2.75) is 32.7 Å². The SMILES string of the molecule is CC(C)CN1CCCC1c1nc(-c2ccc(-n3ccnc3)nc2)no1. The summed E-state index contributed by atoms with van der Waals surface area (Å²) in [5.41, 5.74) is 0.854. The van der Waals surface area contributed by atoms with Gasteiger partial charge < -0.3 is 4.52 Å². The minimum absolute atomic E-state index is 0.238. The average Bonchev–Trinajstić information content (AvgIpc) is 3.36. The van der Waals surface area contributed by atoms with Crippen molar-refractivity contribution in [3.63, 3.8) is 0 Å². The van der Waals surface area contributed by atoms with Crippen LogP contribution in [0.15, 0.2) is 41.6 Å². The van der Waals surface area contributed by atoms with Gasteiger partial charge in [0.25, 0.3) is 0 Å². The maximum absolute atomic E-state index is 5.57. The molecule has 4 heterocycles. The number of hydrogen-bond donors (Lipinski definition) is 0. The minimum Gasteiger partial charge on any atom is -0.337 e. The van der Waals surface area contributed by atoms with Gasteiger partial charge in [0.2, 0.25) is 11.7 Å². The number of imidazole rings is 1. The molecule has 7 heteroatoms. The number of likely N-dealkylation sites (tertiary alicyclic amines) is 1. The Kier molecular flexibility index (Phi) is 4.31. The fourth-order valence-electron chi connectivity index (χ4n) is 3.35. The number of hydrogen-bond acceptors (Lipinski definition) is 6. The van der Waals surface area contributed by atoms with Crippen LogP contribution in [0.25, 0.3) is 17.2 Å². The zero-order valence-electron chi connectivity index (χ0n) is 14.5. The summed E-state index contributed by atoms with van der Waals surface area (Å²) in [5.74, 6) is 2.75. The van der Waals surface area contributed by atoms with Crippen LogP contribution in [-0.4, -0.2) is 42.7 Å². The number of pyridine rings is 1. The third kappa shape index (κ3) is 3.32. The molecule has 0 aliphatic carbocycles. The average molecular weight is 338 g/mol. The summed E-state index contributed by atoms with van der Waals surface area (Å²) in [4.78, 5) is 15.6. The van der Waals surface area contributed by atoms with Crippen molar-refractivity contribution in [2.75, 3.05) is 13.1 Å². The summed E-state index contributed by atoms with van der Waals surface area (Å²) in [5, 5.41) is 4.17. The molecule has 0 amide bonds. The Bertz CT molecular complexity index is 808. The van der Waals surface area contributed by atoms with E-state index in [-0.39, 0.29) is 6.04 Å². The first kappa shape index (κ1) is 16.0. The number of aromatic nitrogens is 5. The van der Waals surface area contributed by atoms with Crippen LogP contribution in [0.5, 0.6) is 0 Å². The first-order valence-electron chi connectivity index (χ1n) is 8.73. The molecular weight excluding hydrogens is 316 g/mol. The largest absolute Gasteiger partial charge is 0.337 e. The van der Waals surface area contributed by atoms with Crippen molar-refractivity contribution in [2.24, 2.45) is 5.92 Å². The smallest absolute Gasteiger partial charge is 0.244 e. The zero-order chi connectivity index (χ0) is 17.2. The third-order valence-electron chi connectivity index (χ3n) is 4.47. The molecule has 0 bridgehead atoms. The van der Waals surface area contributed by atoms with Crippen molar-refractivity contribution in [1.29, 1.82) is 0 Å². The van der Waals surface area contributed by atoms with Crippen LogP contribution in [0, 0.1) is 5.92 Å². The lowest BCUT2D eigenvalue weighted by atomic mass is 10.1. The van der Waals surface area contributed by atoms with E-state index in [2.05, 4.69) is 38.9 Å². The van der Waals surface area contributed by atoms with Gasteiger partial charge in [-0.1, -0.05) is 19.0 Å². The molecule has 1 atom stereocenters. The molecule has 3 aromatic heterocycles. The van der Waals surface area contributed by atoms with Crippen molar-refractivity contribution >= 4 is 0 Å². The van der Waals surface area contributed by atoms with Gasteiger partial charge in [-0.25, -0.2) is 9.97 Å². The van der Waals surface area contributed by atoms with Crippen molar-refractivity contribution < 1.29 is 4.52 Å². The van der Waals surface area contributed by atoms with E-state index in [1.807, 2.05) is 22.9 Å². The molecule has 1 fully saturated rings. The topological polar surface area (TPSA) is 72.9 Å². The van der Waals surface area contributed by atoms with Crippen LogP contribution in [0.4, 0.5) is 0 Å². The Labute approximate surface area is 146 Å². The summed E-state index contributed by atoms with van der Waals surface area (Å²) in [7, 11) is 0. The number of rotatable bonds is 5. The Morgan fingerprint density at radius 3 is 2.96 bits per heavy atom. The predicted molar refractivity (Wildman–Crippen MR) is 93.0 cm³/mol. The fraction of sp³-hybridized carbons (Fsp3) is 0.444. The second-order valence-corrected chi connectivity index (χ2v) is 6.88. The van der Waals surface area contributed by atoms with Gasteiger partial charge in [-0.3, -0.25) is 9.47 Å². The van der Waals surface area contributed by atoms with Gasteiger partial charge in [-0.15, -0.1) is 0 Å². The van der Waals surface area contributed by atoms with Gasteiger partial charge in [-0.2, -0.15) is 4.98 Å². The van der Waals surface area contributed by atoms with E-state index in [1.54, 1.807) is 18.7 Å². The summed E-state index contributed by atoms with van der Waals surface area (Å²) >= 11 is 0. The molecule has 0 spiro atoms. The Morgan fingerprint density at radius 2 is 2.24 bits per heavy atom. The van der Waals surface area contributed by atoms with Crippen LogP contribution in [0.1, 0.15) is 38.6 Å². The van der Waals surface area contributed by atoms with E-state index < -0.39 is 0 Å². The molecule has 1 saturated heterocycles.